The highest BCUT2D eigenvalue weighted by Gasteiger charge is 2.31. The first-order valence-electron chi connectivity index (χ1n) is 8.56. The average molecular weight is 324 g/mol. The topological polar surface area (TPSA) is 61.8 Å². The van der Waals surface area contributed by atoms with Crippen molar-refractivity contribution in [1.29, 1.82) is 0 Å². The number of fused-ring (bicyclic) bond motifs is 2. The second-order valence-electron chi connectivity index (χ2n) is 6.66. The van der Waals surface area contributed by atoms with E-state index < -0.39 is 0 Å². The molecule has 0 aliphatic carbocycles. The number of cyclic esters (lactones) is 1. The number of Topliss-reactive ketones (excluding diaryl/α,β-unsaturated/α-hetero) is 1. The van der Waals surface area contributed by atoms with Crippen LogP contribution in [-0.2, 0) is 23.8 Å². The van der Waals surface area contributed by atoms with Gasteiger partial charge in [-0.1, -0.05) is 25.0 Å². The van der Waals surface area contributed by atoms with Crippen LogP contribution in [0.4, 0.5) is 0 Å². The van der Waals surface area contributed by atoms with E-state index in [0.29, 0.717) is 19.3 Å². The molecule has 0 N–H and O–H groups in total. The Morgan fingerprint density at radius 3 is 2.70 bits per heavy atom. The van der Waals surface area contributed by atoms with Gasteiger partial charge < -0.3 is 14.2 Å². The SMILES string of the molecule is CCC[C@H]1C[C@@H](OC)C/C(C)=C\[C@H]2CC(=O)C[C@H](CC(=O)O1)O2. The van der Waals surface area contributed by atoms with Gasteiger partial charge in [0.25, 0.3) is 0 Å². The quantitative estimate of drug-likeness (QED) is 0.590. The van der Waals surface area contributed by atoms with Crippen molar-refractivity contribution in [3.8, 4) is 0 Å². The number of methoxy groups -OCH3 is 1. The molecule has 0 aromatic carbocycles. The van der Waals surface area contributed by atoms with E-state index in [0.717, 1.165) is 24.8 Å². The molecule has 5 heteroatoms. The molecular formula is C18H28O5. The summed E-state index contributed by atoms with van der Waals surface area (Å²) in [5, 5.41) is 0. The molecule has 2 aliphatic heterocycles. The number of esters is 1. The van der Waals surface area contributed by atoms with Crippen molar-refractivity contribution < 1.29 is 23.8 Å². The summed E-state index contributed by atoms with van der Waals surface area (Å²) >= 11 is 0. The van der Waals surface area contributed by atoms with Crippen molar-refractivity contribution in [2.24, 2.45) is 0 Å². The Morgan fingerprint density at radius 2 is 2.00 bits per heavy atom. The first-order chi connectivity index (χ1) is 11.0. The van der Waals surface area contributed by atoms with Crippen molar-refractivity contribution in [1.82, 2.24) is 0 Å². The van der Waals surface area contributed by atoms with Gasteiger partial charge in [-0.05, 0) is 19.8 Å². The summed E-state index contributed by atoms with van der Waals surface area (Å²) in [5.41, 5.74) is 1.15. The maximum absolute atomic E-state index is 12.2. The van der Waals surface area contributed by atoms with E-state index in [1.165, 1.54) is 0 Å². The zero-order valence-electron chi connectivity index (χ0n) is 14.4. The van der Waals surface area contributed by atoms with Crippen LogP contribution >= 0.6 is 0 Å². The Bertz CT molecular complexity index is 456. The molecule has 4 atom stereocenters. The lowest BCUT2D eigenvalue weighted by Gasteiger charge is -2.30. The third-order valence-electron chi connectivity index (χ3n) is 4.43. The van der Waals surface area contributed by atoms with Crippen LogP contribution in [0.3, 0.4) is 0 Å². The molecular weight excluding hydrogens is 296 g/mol. The maximum atomic E-state index is 12.2. The molecule has 0 aromatic heterocycles. The van der Waals surface area contributed by atoms with E-state index in [1.807, 2.05) is 13.0 Å². The predicted molar refractivity (Wildman–Crippen MR) is 86.1 cm³/mol. The summed E-state index contributed by atoms with van der Waals surface area (Å²) in [6.45, 7) is 4.11. The number of hydrogen-bond acceptors (Lipinski definition) is 5. The van der Waals surface area contributed by atoms with Crippen LogP contribution in [0.5, 0.6) is 0 Å². The molecule has 0 amide bonds. The van der Waals surface area contributed by atoms with Crippen LogP contribution in [0.2, 0.25) is 0 Å². The van der Waals surface area contributed by atoms with Gasteiger partial charge in [0.15, 0.2) is 0 Å². The lowest BCUT2D eigenvalue weighted by atomic mass is 9.96. The highest BCUT2D eigenvalue weighted by atomic mass is 16.6. The number of carbonyl (C=O) groups excluding carboxylic acids is 2. The molecule has 23 heavy (non-hydrogen) atoms. The first kappa shape index (κ1) is 18.1. The van der Waals surface area contributed by atoms with Crippen molar-refractivity contribution >= 4 is 11.8 Å². The van der Waals surface area contributed by atoms with Gasteiger partial charge in [-0.2, -0.15) is 0 Å². The number of ether oxygens (including phenoxy) is 3. The maximum Gasteiger partial charge on any atom is 0.308 e. The van der Waals surface area contributed by atoms with E-state index in [-0.39, 0.29) is 42.6 Å². The summed E-state index contributed by atoms with van der Waals surface area (Å²) in [5.74, 6) is -0.133. The minimum atomic E-state index is -0.363. The largest absolute Gasteiger partial charge is 0.462 e. The van der Waals surface area contributed by atoms with Gasteiger partial charge >= 0.3 is 5.97 Å². The van der Waals surface area contributed by atoms with Crippen molar-refractivity contribution in [2.45, 2.75) is 83.2 Å². The summed E-state index contributed by atoms with van der Waals surface area (Å²) in [6.07, 6.45) is 5.34. The van der Waals surface area contributed by atoms with E-state index in [4.69, 9.17) is 14.2 Å². The second kappa shape index (κ2) is 8.60. The Balaban J connectivity index is 2.18. The van der Waals surface area contributed by atoms with Crippen molar-refractivity contribution in [3.05, 3.63) is 11.6 Å². The molecule has 1 fully saturated rings. The minimum Gasteiger partial charge on any atom is -0.462 e. The van der Waals surface area contributed by atoms with Crippen LogP contribution < -0.4 is 0 Å². The summed E-state index contributed by atoms with van der Waals surface area (Å²) in [7, 11) is 1.69. The third-order valence-corrected chi connectivity index (χ3v) is 4.43. The Hall–Kier alpha value is -1.20. The van der Waals surface area contributed by atoms with E-state index in [2.05, 4.69) is 6.92 Å². The van der Waals surface area contributed by atoms with Crippen LogP contribution in [0.25, 0.3) is 0 Å². The Morgan fingerprint density at radius 1 is 1.22 bits per heavy atom. The fraction of sp³-hybridized carbons (Fsp3) is 0.778. The highest BCUT2D eigenvalue weighted by Crippen LogP contribution is 2.25. The molecule has 2 heterocycles. The van der Waals surface area contributed by atoms with E-state index >= 15 is 0 Å². The minimum absolute atomic E-state index is 0.00474. The summed E-state index contributed by atoms with van der Waals surface area (Å²) in [6, 6.07) is 0. The Kier molecular flexibility index (Phi) is 6.78. The van der Waals surface area contributed by atoms with Gasteiger partial charge in [0.05, 0.1) is 24.7 Å². The van der Waals surface area contributed by atoms with Gasteiger partial charge in [-0.3, -0.25) is 9.59 Å². The normalized spacial score (nSPS) is 35.5. The summed E-state index contributed by atoms with van der Waals surface area (Å²) < 4.78 is 17.1. The zero-order valence-corrected chi connectivity index (χ0v) is 14.4. The molecule has 5 nitrogen and oxygen atoms in total. The number of ketones is 1. The molecule has 2 bridgehead atoms. The van der Waals surface area contributed by atoms with Crippen LogP contribution in [-0.4, -0.2) is 43.3 Å². The number of rotatable bonds is 3. The van der Waals surface area contributed by atoms with Crippen molar-refractivity contribution in [2.75, 3.05) is 7.11 Å². The molecule has 0 unspecified atom stereocenters. The molecule has 130 valence electrons. The second-order valence-corrected chi connectivity index (χ2v) is 6.66. The fourth-order valence-electron chi connectivity index (χ4n) is 3.39. The zero-order chi connectivity index (χ0) is 16.8. The monoisotopic (exact) mass is 324 g/mol. The van der Waals surface area contributed by atoms with E-state index in [1.54, 1.807) is 7.11 Å². The van der Waals surface area contributed by atoms with Gasteiger partial charge in [-0.15, -0.1) is 0 Å². The molecule has 2 rings (SSSR count). The Labute approximate surface area is 138 Å². The molecule has 0 spiro atoms. The number of hydrogen-bond donors (Lipinski definition) is 0. The lowest BCUT2D eigenvalue weighted by Crippen LogP contribution is -2.35. The van der Waals surface area contributed by atoms with Crippen LogP contribution in [0.1, 0.15) is 58.8 Å². The molecule has 0 saturated carbocycles. The molecule has 1 saturated heterocycles. The lowest BCUT2D eigenvalue weighted by molar-refractivity contribution is -0.157. The van der Waals surface area contributed by atoms with Gasteiger partial charge in [0.2, 0.25) is 0 Å². The fourth-order valence-corrected chi connectivity index (χ4v) is 3.39. The van der Waals surface area contributed by atoms with Crippen LogP contribution in [0, 0.1) is 0 Å². The van der Waals surface area contributed by atoms with Gasteiger partial charge in [-0.25, -0.2) is 0 Å². The predicted octanol–water partition coefficient (Wildman–Crippen LogP) is 2.96. The smallest absolute Gasteiger partial charge is 0.308 e. The molecule has 2 aliphatic rings. The first-order valence-corrected chi connectivity index (χ1v) is 8.56. The standard InChI is InChI=1S/C18H28O5/c1-4-5-14-10-15(21-3)6-12(2)7-16-8-13(19)9-17(22-16)11-18(20)23-14/h7,14-17H,4-6,8-11H2,1-3H3/b12-7-/t14-,15-,16-,17+/m0/s1. The number of carbonyl (C=O) groups is 2. The molecule has 0 aromatic rings. The van der Waals surface area contributed by atoms with Crippen LogP contribution in [0.15, 0.2) is 11.6 Å². The van der Waals surface area contributed by atoms with Gasteiger partial charge in [0, 0.05) is 26.4 Å². The van der Waals surface area contributed by atoms with E-state index in [9.17, 15) is 9.59 Å². The average Bonchev–Trinajstić information content (AvgIpc) is 2.44. The third kappa shape index (κ3) is 5.74. The van der Waals surface area contributed by atoms with Crippen molar-refractivity contribution in [3.63, 3.8) is 0 Å². The highest BCUT2D eigenvalue weighted by molar-refractivity contribution is 5.81. The molecule has 0 radical (unpaired) electrons. The summed E-state index contributed by atoms with van der Waals surface area (Å²) in [4.78, 5) is 24.1. The van der Waals surface area contributed by atoms with Gasteiger partial charge in [0.1, 0.15) is 11.9 Å².